The van der Waals surface area contributed by atoms with Crippen molar-refractivity contribution in [3.05, 3.63) is 24.8 Å². The molecule has 0 amide bonds. The smallest absolute Gasteiger partial charge is 0.330 e. The van der Waals surface area contributed by atoms with Gasteiger partial charge in [0.25, 0.3) is 0 Å². The molecular formula is C21H36O8. The topological polar surface area (TPSA) is 127 Å². The van der Waals surface area contributed by atoms with E-state index >= 15 is 0 Å². The van der Waals surface area contributed by atoms with Crippen LogP contribution in [-0.2, 0) is 28.7 Å². The molecule has 0 rings (SSSR count). The predicted octanol–water partition coefficient (Wildman–Crippen LogP) is 3.85. The fourth-order valence-corrected chi connectivity index (χ4v) is 1.93. The van der Waals surface area contributed by atoms with Gasteiger partial charge in [0.15, 0.2) is 0 Å². The summed E-state index contributed by atoms with van der Waals surface area (Å²) in [6.07, 6.45) is 1.92. The SMILES string of the molecule is C=C(C)C(=O)O.C=CC(=O)OCC.CCOC(=O)C(C)(C)CC(C)(CC)C(=O)O. The Morgan fingerprint density at radius 1 is 0.966 bits per heavy atom. The molecule has 0 aliphatic rings. The maximum Gasteiger partial charge on any atom is 0.330 e. The maximum absolute atomic E-state index is 11.7. The molecule has 0 saturated heterocycles. The number of ether oxygens (including phenoxy) is 2. The summed E-state index contributed by atoms with van der Waals surface area (Å²) in [5.74, 6) is -2.50. The van der Waals surface area contributed by atoms with E-state index in [1.165, 1.54) is 6.92 Å². The highest BCUT2D eigenvalue weighted by atomic mass is 16.5. The first-order chi connectivity index (χ1) is 13.1. The zero-order valence-corrected chi connectivity index (χ0v) is 18.7. The van der Waals surface area contributed by atoms with E-state index in [1.54, 1.807) is 34.6 Å². The second-order valence-electron chi connectivity index (χ2n) is 7.04. The number of hydrogen-bond donors (Lipinski definition) is 2. The van der Waals surface area contributed by atoms with Crippen molar-refractivity contribution in [2.45, 2.75) is 61.3 Å². The molecule has 0 radical (unpaired) electrons. The van der Waals surface area contributed by atoms with E-state index in [4.69, 9.17) is 14.9 Å². The van der Waals surface area contributed by atoms with Crippen LogP contribution in [0, 0.1) is 10.8 Å². The number of carbonyl (C=O) groups is 4. The average Bonchev–Trinajstić information content (AvgIpc) is 2.62. The molecule has 8 nitrogen and oxygen atoms in total. The molecule has 0 aliphatic heterocycles. The minimum absolute atomic E-state index is 0.176. The molecule has 0 spiro atoms. The van der Waals surface area contributed by atoms with Crippen LogP contribution in [-0.4, -0.2) is 47.3 Å². The molecule has 0 bridgehead atoms. The summed E-state index contributed by atoms with van der Waals surface area (Å²) >= 11 is 0. The fraction of sp³-hybridized carbons (Fsp3) is 0.619. The molecule has 2 N–H and O–H groups in total. The first-order valence-electron chi connectivity index (χ1n) is 9.23. The number of rotatable bonds is 9. The Hall–Kier alpha value is -2.64. The second kappa shape index (κ2) is 15.3. The molecule has 0 aromatic carbocycles. The Labute approximate surface area is 173 Å². The summed E-state index contributed by atoms with van der Waals surface area (Å²) < 4.78 is 9.38. The Morgan fingerprint density at radius 2 is 1.38 bits per heavy atom. The van der Waals surface area contributed by atoms with Gasteiger partial charge in [-0.2, -0.15) is 0 Å². The van der Waals surface area contributed by atoms with Gasteiger partial charge >= 0.3 is 23.9 Å². The van der Waals surface area contributed by atoms with Gasteiger partial charge in [-0.05, 0) is 54.4 Å². The van der Waals surface area contributed by atoms with Crippen molar-refractivity contribution in [3.8, 4) is 0 Å². The molecule has 0 heterocycles. The monoisotopic (exact) mass is 416 g/mol. The Balaban J connectivity index is -0.000000427. The van der Waals surface area contributed by atoms with Gasteiger partial charge in [0.05, 0.1) is 24.0 Å². The molecule has 0 aromatic rings. The van der Waals surface area contributed by atoms with E-state index in [9.17, 15) is 19.2 Å². The lowest BCUT2D eigenvalue weighted by atomic mass is 9.72. The van der Waals surface area contributed by atoms with Crippen LogP contribution >= 0.6 is 0 Å². The van der Waals surface area contributed by atoms with Gasteiger partial charge < -0.3 is 19.7 Å². The van der Waals surface area contributed by atoms with Crippen molar-refractivity contribution in [3.63, 3.8) is 0 Å². The molecule has 8 heteroatoms. The van der Waals surface area contributed by atoms with Crippen LogP contribution in [0.25, 0.3) is 0 Å². The number of hydrogen-bond acceptors (Lipinski definition) is 6. The Kier molecular flexibility index (Phi) is 16.4. The normalized spacial score (nSPS) is 11.8. The van der Waals surface area contributed by atoms with Gasteiger partial charge in [0.2, 0.25) is 0 Å². The largest absolute Gasteiger partial charge is 0.481 e. The van der Waals surface area contributed by atoms with E-state index in [2.05, 4.69) is 17.9 Å². The van der Waals surface area contributed by atoms with E-state index in [0.29, 0.717) is 19.6 Å². The average molecular weight is 417 g/mol. The molecule has 0 aliphatic carbocycles. The molecule has 29 heavy (non-hydrogen) atoms. The van der Waals surface area contributed by atoms with Gasteiger partial charge in [0, 0.05) is 11.6 Å². The summed E-state index contributed by atoms with van der Waals surface area (Å²) in [6.45, 7) is 19.0. The Morgan fingerprint density at radius 3 is 1.59 bits per heavy atom. The van der Waals surface area contributed by atoms with Crippen LogP contribution in [0.15, 0.2) is 24.8 Å². The number of esters is 2. The van der Waals surface area contributed by atoms with Crippen LogP contribution < -0.4 is 0 Å². The van der Waals surface area contributed by atoms with Crippen molar-refractivity contribution in [2.75, 3.05) is 13.2 Å². The number of carbonyl (C=O) groups excluding carboxylic acids is 2. The molecule has 0 fully saturated rings. The molecular weight excluding hydrogens is 380 g/mol. The first kappa shape index (κ1) is 31.1. The second-order valence-corrected chi connectivity index (χ2v) is 7.04. The third-order valence-corrected chi connectivity index (χ3v) is 3.78. The quantitative estimate of drug-likeness (QED) is 0.428. The van der Waals surface area contributed by atoms with E-state index in [1.807, 2.05) is 6.92 Å². The number of carboxylic acids is 2. The van der Waals surface area contributed by atoms with Crippen LogP contribution in [0.4, 0.5) is 0 Å². The summed E-state index contributed by atoms with van der Waals surface area (Å²) in [4.78, 5) is 42.5. The van der Waals surface area contributed by atoms with Crippen molar-refractivity contribution < 1.29 is 38.9 Å². The van der Waals surface area contributed by atoms with Crippen LogP contribution in [0.2, 0.25) is 0 Å². The predicted molar refractivity (Wildman–Crippen MR) is 110 cm³/mol. The van der Waals surface area contributed by atoms with Gasteiger partial charge in [-0.3, -0.25) is 9.59 Å². The molecule has 168 valence electrons. The van der Waals surface area contributed by atoms with Crippen LogP contribution in [0.3, 0.4) is 0 Å². The number of carboxylic acid groups (broad SMARTS) is 2. The minimum atomic E-state index is -0.935. The lowest BCUT2D eigenvalue weighted by Crippen LogP contribution is -2.37. The molecule has 1 atom stereocenters. The van der Waals surface area contributed by atoms with Gasteiger partial charge in [-0.1, -0.05) is 20.1 Å². The zero-order valence-electron chi connectivity index (χ0n) is 18.7. The maximum atomic E-state index is 11.7. The summed E-state index contributed by atoms with van der Waals surface area (Å²) in [6, 6.07) is 0. The van der Waals surface area contributed by atoms with Crippen LogP contribution in [0.1, 0.15) is 61.3 Å². The summed E-state index contributed by atoms with van der Waals surface area (Å²) in [7, 11) is 0. The standard InChI is InChI=1S/C12H22O4.C5H8O2.C4H6O2/c1-6-12(5,9(13)14)8-11(3,4)10(15)16-7-2;1-3-5(6)7-4-2;1-3(2)4(5)6/h6-8H2,1-5H3,(H,13,14);3H,1,4H2,2H3;1H2,2H3,(H,5,6). The molecule has 0 saturated carbocycles. The van der Waals surface area contributed by atoms with Gasteiger partial charge in [-0.25, -0.2) is 9.59 Å². The third-order valence-electron chi connectivity index (χ3n) is 3.78. The highest BCUT2D eigenvalue weighted by Gasteiger charge is 2.41. The molecule has 0 aromatic heterocycles. The fourth-order valence-electron chi connectivity index (χ4n) is 1.93. The minimum Gasteiger partial charge on any atom is -0.481 e. The van der Waals surface area contributed by atoms with Crippen molar-refractivity contribution in [2.24, 2.45) is 10.8 Å². The third kappa shape index (κ3) is 15.0. The first-order valence-corrected chi connectivity index (χ1v) is 9.23. The lowest BCUT2D eigenvalue weighted by Gasteiger charge is -2.32. The highest BCUT2D eigenvalue weighted by Crippen LogP contribution is 2.37. The van der Waals surface area contributed by atoms with E-state index < -0.39 is 22.8 Å². The van der Waals surface area contributed by atoms with Crippen molar-refractivity contribution in [1.82, 2.24) is 0 Å². The Bertz CT molecular complexity index is 565. The number of aliphatic carboxylic acids is 2. The van der Waals surface area contributed by atoms with E-state index in [-0.39, 0.29) is 23.9 Å². The highest BCUT2D eigenvalue weighted by molar-refractivity contribution is 5.84. The lowest BCUT2D eigenvalue weighted by molar-refractivity contribution is -0.159. The van der Waals surface area contributed by atoms with Crippen molar-refractivity contribution in [1.29, 1.82) is 0 Å². The van der Waals surface area contributed by atoms with Crippen LogP contribution in [0.5, 0.6) is 0 Å². The van der Waals surface area contributed by atoms with Gasteiger partial charge in [-0.15, -0.1) is 0 Å². The van der Waals surface area contributed by atoms with Crippen molar-refractivity contribution >= 4 is 23.9 Å². The summed E-state index contributed by atoms with van der Waals surface area (Å²) in [5.41, 5.74) is -1.47. The van der Waals surface area contributed by atoms with Gasteiger partial charge in [0.1, 0.15) is 0 Å². The zero-order chi connectivity index (χ0) is 23.8. The van der Waals surface area contributed by atoms with E-state index in [0.717, 1.165) is 6.08 Å². The molecule has 1 unspecified atom stereocenters. The summed E-state index contributed by atoms with van der Waals surface area (Å²) in [5, 5.41) is 17.0.